The fourth-order valence-corrected chi connectivity index (χ4v) is 2.56. The zero-order valence-electron chi connectivity index (χ0n) is 11.5. The number of nitrogens with one attached hydrogen (secondary N) is 2. The van der Waals surface area contributed by atoms with Gasteiger partial charge in [0.15, 0.2) is 0 Å². The highest BCUT2D eigenvalue weighted by molar-refractivity contribution is 5.59. The van der Waals surface area contributed by atoms with E-state index in [-0.39, 0.29) is 10.6 Å². The van der Waals surface area contributed by atoms with Crippen LogP contribution in [0.1, 0.15) is 31.9 Å². The molecule has 106 valence electrons. The standard InChI is InChI=1S/C12H21N5O2/c1-3-16-12(11(17(18)19)9(2)15-16)14-8-6-10-5-4-7-13-10/h10,13-14H,3-8H2,1-2H3/t10-/m0/s1. The Labute approximate surface area is 112 Å². The van der Waals surface area contributed by atoms with Gasteiger partial charge in [-0.15, -0.1) is 0 Å². The van der Waals surface area contributed by atoms with Gasteiger partial charge in [0.1, 0.15) is 5.69 Å². The Kier molecular flexibility index (Phi) is 4.36. The number of aryl methyl sites for hydroxylation is 2. The first-order chi connectivity index (χ1) is 9.13. The molecule has 0 aliphatic carbocycles. The third-order valence-corrected chi connectivity index (χ3v) is 3.53. The molecule has 1 aliphatic rings. The molecule has 19 heavy (non-hydrogen) atoms. The van der Waals surface area contributed by atoms with Crippen molar-refractivity contribution >= 4 is 11.5 Å². The second-order valence-electron chi connectivity index (χ2n) is 4.86. The van der Waals surface area contributed by atoms with Crippen molar-refractivity contribution in [3.8, 4) is 0 Å². The first-order valence-electron chi connectivity index (χ1n) is 6.82. The highest BCUT2D eigenvalue weighted by Crippen LogP contribution is 2.28. The first kappa shape index (κ1) is 13.8. The lowest BCUT2D eigenvalue weighted by Gasteiger charge is -2.11. The van der Waals surface area contributed by atoms with Crippen molar-refractivity contribution < 1.29 is 4.92 Å². The molecule has 1 aromatic heterocycles. The summed E-state index contributed by atoms with van der Waals surface area (Å²) >= 11 is 0. The molecule has 2 rings (SSSR count). The van der Waals surface area contributed by atoms with E-state index in [9.17, 15) is 10.1 Å². The lowest BCUT2D eigenvalue weighted by atomic mass is 10.1. The van der Waals surface area contributed by atoms with Crippen molar-refractivity contribution in [3.05, 3.63) is 15.8 Å². The molecule has 7 nitrogen and oxygen atoms in total. The maximum Gasteiger partial charge on any atom is 0.333 e. The van der Waals surface area contributed by atoms with Crippen molar-refractivity contribution in [2.75, 3.05) is 18.4 Å². The minimum atomic E-state index is -0.357. The van der Waals surface area contributed by atoms with E-state index in [1.165, 1.54) is 12.8 Å². The molecular formula is C12H21N5O2. The Morgan fingerprint density at radius 1 is 1.63 bits per heavy atom. The second-order valence-corrected chi connectivity index (χ2v) is 4.86. The van der Waals surface area contributed by atoms with E-state index < -0.39 is 0 Å². The van der Waals surface area contributed by atoms with Crippen molar-refractivity contribution in [2.24, 2.45) is 0 Å². The minimum Gasteiger partial charge on any atom is -0.364 e. The number of nitrogens with zero attached hydrogens (tertiary/aromatic N) is 3. The Morgan fingerprint density at radius 2 is 2.42 bits per heavy atom. The highest BCUT2D eigenvalue weighted by atomic mass is 16.6. The van der Waals surface area contributed by atoms with Gasteiger partial charge in [0, 0.05) is 19.1 Å². The quantitative estimate of drug-likeness (QED) is 0.605. The predicted molar refractivity (Wildman–Crippen MR) is 73.4 cm³/mol. The van der Waals surface area contributed by atoms with Gasteiger partial charge in [-0.2, -0.15) is 5.10 Å². The van der Waals surface area contributed by atoms with Crippen molar-refractivity contribution in [2.45, 2.75) is 45.7 Å². The molecule has 1 atom stereocenters. The van der Waals surface area contributed by atoms with Crippen LogP contribution in [-0.4, -0.2) is 33.8 Å². The average Bonchev–Trinajstić information content (AvgIpc) is 2.97. The summed E-state index contributed by atoms with van der Waals surface area (Å²) in [6, 6.07) is 0.533. The van der Waals surface area contributed by atoms with Crippen LogP contribution in [0.4, 0.5) is 11.5 Å². The molecule has 0 amide bonds. The second kappa shape index (κ2) is 6.01. The van der Waals surface area contributed by atoms with Crippen LogP contribution in [0.15, 0.2) is 0 Å². The third kappa shape index (κ3) is 3.04. The van der Waals surface area contributed by atoms with E-state index >= 15 is 0 Å². The Balaban J connectivity index is 2.03. The van der Waals surface area contributed by atoms with Gasteiger partial charge in [-0.05, 0) is 39.7 Å². The monoisotopic (exact) mass is 267 g/mol. The van der Waals surface area contributed by atoms with E-state index in [1.807, 2.05) is 6.92 Å². The Hall–Kier alpha value is -1.63. The predicted octanol–water partition coefficient (Wildman–Crippen LogP) is 1.67. The van der Waals surface area contributed by atoms with Crippen molar-refractivity contribution in [1.82, 2.24) is 15.1 Å². The highest BCUT2D eigenvalue weighted by Gasteiger charge is 2.24. The Morgan fingerprint density at radius 3 is 3.00 bits per heavy atom. The largest absolute Gasteiger partial charge is 0.364 e. The summed E-state index contributed by atoms with van der Waals surface area (Å²) in [5.41, 5.74) is 0.564. The number of nitro groups is 1. The van der Waals surface area contributed by atoms with Gasteiger partial charge in [-0.25, -0.2) is 4.68 Å². The normalized spacial score (nSPS) is 18.7. The smallest absolute Gasteiger partial charge is 0.333 e. The van der Waals surface area contributed by atoms with Gasteiger partial charge in [-0.3, -0.25) is 10.1 Å². The molecule has 0 bridgehead atoms. The van der Waals surface area contributed by atoms with E-state index in [4.69, 9.17) is 0 Å². The van der Waals surface area contributed by atoms with Crippen LogP contribution >= 0.6 is 0 Å². The third-order valence-electron chi connectivity index (χ3n) is 3.53. The van der Waals surface area contributed by atoms with Crippen LogP contribution in [0.25, 0.3) is 0 Å². The fraction of sp³-hybridized carbons (Fsp3) is 0.750. The summed E-state index contributed by atoms with van der Waals surface area (Å²) in [4.78, 5) is 10.7. The van der Waals surface area contributed by atoms with Gasteiger partial charge in [0.2, 0.25) is 5.82 Å². The van der Waals surface area contributed by atoms with Crippen molar-refractivity contribution in [1.29, 1.82) is 0 Å². The zero-order chi connectivity index (χ0) is 13.8. The summed E-state index contributed by atoms with van der Waals surface area (Å²) in [5, 5.41) is 21.9. The number of rotatable bonds is 6. The number of hydrogen-bond donors (Lipinski definition) is 2. The number of hydrogen-bond acceptors (Lipinski definition) is 5. The molecule has 1 fully saturated rings. The van der Waals surface area contributed by atoms with Crippen LogP contribution in [0.3, 0.4) is 0 Å². The summed E-state index contributed by atoms with van der Waals surface area (Å²) in [5.74, 6) is 0.531. The van der Waals surface area contributed by atoms with Gasteiger partial charge < -0.3 is 10.6 Å². The molecule has 0 saturated carbocycles. The summed E-state index contributed by atoms with van der Waals surface area (Å²) < 4.78 is 1.66. The van der Waals surface area contributed by atoms with Crippen LogP contribution in [0.2, 0.25) is 0 Å². The fourth-order valence-electron chi connectivity index (χ4n) is 2.56. The lowest BCUT2D eigenvalue weighted by Crippen LogP contribution is -2.24. The van der Waals surface area contributed by atoms with E-state index in [0.29, 0.717) is 24.1 Å². The molecule has 1 aromatic rings. The van der Waals surface area contributed by atoms with E-state index in [1.54, 1.807) is 11.6 Å². The molecule has 0 unspecified atom stereocenters. The molecule has 7 heteroatoms. The maximum absolute atomic E-state index is 11.1. The van der Waals surface area contributed by atoms with Crippen LogP contribution in [0, 0.1) is 17.0 Å². The van der Waals surface area contributed by atoms with Crippen molar-refractivity contribution in [3.63, 3.8) is 0 Å². The lowest BCUT2D eigenvalue weighted by molar-refractivity contribution is -0.384. The minimum absolute atomic E-state index is 0.0984. The summed E-state index contributed by atoms with van der Waals surface area (Å²) in [7, 11) is 0. The molecule has 2 N–H and O–H groups in total. The van der Waals surface area contributed by atoms with Gasteiger partial charge in [0.05, 0.1) is 4.92 Å². The maximum atomic E-state index is 11.1. The van der Waals surface area contributed by atoms with Crippen LogP contribution in [0.5, 0.6) is 0 Å². The molecule has 2 heterocycles. The summed E-state index contributed by atoms with van der Waals surface area (Å²) in [6.07, 6.45) is 3.39. The van der Waals surface area contributed by atoms with E-state index in [2.05, 4.69) is 15.7 Å². The van der Waals surface area contributed by atoms with Gasteiger partial charge in [0.25, 0.3) is 0 Å². The molecule has 1 saturated heterocycles. The van der Waals surface area contributed by atoms with Crippen LogP contribution < -0.4 is 10.6 Å². The SMILES string of the molecule is CCn1nc(C)c([N+](=O)[O-])c1NCC[C@@H]1CCCN1. The molecule has 0 radical (unpaired) electrons. The van der Waals surface area contributed by atoms with Gasteiger partial charge >= 0.3 is 5.69 Å². The number of aromatic nitrogens is 2. The molecule has 0 spiro atoms. The first-order valence-corrected chi connectivity index (χ1v) is 6.82. The van der Waals surface area contributed by atoms with Gasteiger partial charge in [-0.1, -0.05) is 0 Å². The summed E-state index contributed by atoms with van der Waals surface area (Å²) in [6.45, 7) is 6.03. The van der Waals surface area contributed by atoms with E-state index in [0.717, 1.165) is 19.5 Å². The van der Waals surface area contributed by atoms with Crippen LogP contribution in [-0.2, 0) is 6.54 Å². The number of anilines is 1. The average molecular weight is 267 g/mol. The Bertz CT molecular complexity index is 451. The topological polar surface area (TPSA) is 85.0 Å². The molecule has 0 aromatic carbocycles. The molecular weight excluding hydrogens is 246 g/mol. The molecule has 1 aliphatic heterocycles. The zero-order valence-corrected chi connectivity index (χ0v) is 11.5.